The number of carbonyl (C=O) groups is 3. The molecule has 0 saturated heterocycles. The van der Waals surface area contributed by atoms with E-state index in [0.29, 0.717) is 32.1 Å². The van der Waals surface area contributed by atoms with Crippen LogP contribution in [0.4, 0.5) is 4.79 Å². The summed E-state index contributed by atoms with van der Waals surface area (Å²) in [5.41, 5.74) is 0. The number of carboxylic acids is 1. The van der Waals surface area contributed by atoms with Crippen LogP contribution in [0.15, 0.2) is 0 Å². The van der Waals surface area contributed by atoms with Crippen LogP contribution in [0.25, 0.3) is 0 Å². The zero-order valence-electron chi connectivity index (χ0n) is 14.1. The highest BCUT2D eigenvalue weighted by molar-refractivity contribution is 5.75. The Morgan fingerprint density at radius 1 is 1.13 bits per heavy atom. The van der Waals surface area contributed by atoms with Gasteiger partial charge in [0, 0.05) is 18.5 Å². The van der Waals surface area contributed by atoms with Crippen molar-refractivity contribution in [3.8, 4) is 0 Å². The van der Waals surface area contributed by atoms with E-state index in [9.17, 15) is 14.4 Å². The van der Waals surface area contributed by atoms with Gasteiger partial charge in [-0.1, -0.05) is 0 Å². The van der Waals surface area contributed by atoms with Gasteiger partial charge in [-0.15, -0.1) is 0 Å². The summed E-state index contributed by atoms with van der Waals surface area (Å²) in [5, 5.41) is 14.6. The van der Waals surface area contributed by atoms with Crippen molar-refractivity contribution >= 4 is 18.0 Å². The van der Waals surface area contributed by atoms with Crippen LogP contribution in [-0.2, 0) is 14.3 Å². The van der Waals surface area contributed by atoms with Crippen LogP contribution < -0.4 is 10.6 Å². The maximum absolute atomic E-state index is 11.9. The molecule has 0 aromatic carbocycles. The van der Waals surface area contributed by atoms with Crippen molar-refractivity contribution in [2.24, 2.45) is 5.92 Å². The number of carbonyl (C=O) groups excluding carboxylic acids is 2. The smallest absolute Gasteiger partial charge is 0.315 e. The second-order valence-corrected chi connectivity index (χ2v) is 6.48. The minimum Gasteiger partial charge on any atom is -0.481 e. The molecule has 132 valence electrons. The fourth-order valence-corrected chi connectivity index (χ4v) is 2.66. The molecule has 0 spiro atoms. The Morgan fingerprint density at radius 2 is 1.74 bits per heavy atom. The molecule has 1 unspecified atom stereocenters. The van der Waals surface area contributed by atoms with Gasteiger partial charge < -0.3 is 20.5 Å². The van der Waals surface area contributed by atoms with Crippen LogP contribution in [0.3, 0.4) is 0 Å². The lowest BCUT2D eigenvalue weighted by Gasteiger charge is -2.27. The average molecular weight is 328 g/mol. The second kappa shape index (κ2) is 9.37. The zero-order chi connectivity index (χ0) is 17.4. The van der Waals surface area contributed by atoms with Crippen molar-refractivity contribution < 1.29 is 24.2 Å². The molecule has 1 rings (SSSR count). The standard InChI is InChI=1S/C16H28N2O5/c1-10(2)23-14(19)9-4-11(3)17-16(22)18-13-7-5-12(6-8-13)15(20)21/h10-13H,4-9H2,1-3H3,(H,20,21)(H2,17,18,22). The van der Waals surface area contributed by atoms with Crippen molar-refractivity contribution in [1.29, 1.82) is 0 Å². The molecule has 1 fully saturated rings. The van der Waals surface area contributed by atoms with Crippen LogP contribution in [0, 0.1) is 5.92 Å². The summed E-state index contributed by atoms with van der Waals surface area (Å²) in [6, 6.07) is -0.387. The second-order valence-electron chi connectivity index (χ2n) is 6.48. The van der Waals surface area contributed by atoms with Gasteiger partial charge in [-0.05, 0) is 52.9 Å². The van der Waals surface area contributed by atoms with Gasteiger partial charge in [-0.2, -0.15) is 0 Å². The van der Waals surface area contributed by atoms with Gasteiger partial charge in [0.05, 0.1) is 12.0 Å². The number of hydrogen-bond donors (Lipinski definition) is 3. The zero-order valence-corrected chi connectivity index (χ0v) is 14.1. The molecule has 1 atom stereocenters. The van der Waals surface area contributed by atoms with Crippen molar-refractivity contribution in [3.63, 3.8) is 0 Å². The maximum atomic E-state index is 11.9. The molecule has 0 aromatic rings. The molecule has 0 radical (unpaired) electrons. The number of urea groups is 1. The predicted molar refractivity (Wildman–Crippen MR) is 85.0 cm³/mol. The van der Waals surface area contributed by atoms with E-state index in [1.807, 2.05) is 6.92 Å². The molecule has 0 aromatic heterocycles. The molecule has 0 aliphatic heterocycles. The summed E-state index contributed by atoms with van der Waals surface area (Å²) >= 11 is 0. The summed E-state index contributed by atoms with van der Waals surface area (Å²) in [5.74, 6) is -1.31. The molecule has 7 nitrogen and oxygen atoms in total. The Morgan fingerprint density at radius 3 is 2.26 bits per heavy atom. The number of aliphatic carboxylic acids is 1. The van der Waals surface area contributed by atoms with Crippen molar-refractivity contribution in [2.75, 3.05) is 0 Å². The Kier molecular flexibility index (Phi) is 7.85. The number of hydrogen-bond acceptors (Lipinski definition) is 4. The Bertz CT molecular complexity index is 417. The van der Waals surface area contributed by atoms with Crippen LogP contribution >= 0.6 is 0 Å². The summed E-state index contributed by atoms with van der Waals surface area (Å²) < 4.78 is 5.04. The largest absolute Gasteiger partial charge is 0.481 e. The topological polar surface area (TPSA) is 105 Å². The van der Waals surface area contributed by atoms with Gasteiger partial charge >= 0.3 is 18.0 Å². The molecule has 23 heavy (non-hydrogen) atoms. The SMILES string of the molecule is CC(CCC(=O)OC(C)C)NC(=O)NC1CCC(C(=O)O)CC1. The highest BCUT2D eigenvalue weighted by atomic mass is 16.5. The van der Waals surface area contributed by atoms with Crippen molar-refractivity contribution in [2.45, 2.75) is 77.5 Å². The Labute approximate surface area is 137 Å². The highest BCUT2D eigenvalue weighted by Crippen LogP contribution is 2.24. The monoisotopic (exact) mass is 328 g/mol. The number of carboxylic acid groups (broad SMARTS) is 1. The van der Waals surface area contributed by atoms with E-state index < -0.39 is 5.97 Å². The molecule has 2 amide bonds. The first-order valence-electron chi connectivity index (χ1n) is 8.27. The van der Waals surface area contributed by atoms with Crippen LogP contribution in [0.1, 0.15) is 59.3 Å². The number of esters is 1. The molecular weight excluding hydrogens is 300 g/mol. The molecule has 1 aliphatic carbocycles. The maximum Gasteiger partial charge on any atom is 0.315 e. The number of ether oxygens (including phenoxy) is 1. The number of amides is 2. The van der Waals surface area contributed by atoms with Gasteiger partial charge in [-0.3, -0.25) is 9.59 Å². The molecule has 1 aliphatic rings. The third kappa shape index (κ3) is 7.85. The predicted octanol–water partition coefficient (Wildman–Crippen LogP) is 2.05. The molecule has 3 N–H and O–H groups in total. The molecule has 0 bridgehead atoms. The van der Waals surface area contributed by atoms with Crippen LogP contribution in [-0.4, -0.2) is 41.3 Å². The summed E-state index contributed by atoms with van der Waals surface area (Å²) in [6.07, 6.45) is 3.20. The van der Waals surface area contributed by atoms with Gasteiger partial charge in [0.1, 0.15) is 0 Å². The average Bonchev–Trinajstić information content (AvgIpc) is 2.44. The first-order valence-corrected chi connectivity index (χ1v) is 8.27. The Balaban J connectivity index is 2.21. The first kappa shape index (κ1) is 19.3. The van der Waals surface area contributed by atoms with E-state index in [1.54, 1.807) is 13.8 Å². The third-order valence-corrected chi connectivity index (χ3v) is 3.94. The quantitative estimate of drug-likeness (QED) is 0.620. The molecule has 0 heterocycles. The van der Waals surface area contributed by atoms with E-state index in [1.165, 1.54) is 0 Å². The minimum absolute atomic E-state index is 0.0173. The van der Waals surface area contributed by atoms with Crippen molar-refractivity contribution in [1.82, 2.24) is 10.6 Å². The van der Waals surface area contributed by atoms with Gasteiger partial charge in [0.15, 0.2) is 0 Å². The first-order chi connectivity index (χ1) is 10.8. The molecule has 1 saturated carbocycles. The lowest BCUT2D eigenvalue weighted by Crippen LogP contribution is -2.46. The van der Waals surface area contributed by atoms with Crippen molar-refractivity contribution in [3.05, 3.63) is 0 Å². The van der Waals surface area contributed by atoms with Crippen LogP contribution in [0.2, 0.25) is 0 Å². The normalized spacial score (nSPS) is 22.3. The summed E-state index contributed by atoms with van der Waals surface area (Å²) in [4.78, 5) is 34.2. The Hall–Kier alpha value is -1.79. The number of rotatable bonds is 7. The summed E-state index contributed by atoms with van der Waals surface area (Å²) in [7, 11) is 0. The highest BCUT2D eigenvalue weighted by Gasteiger charge is 2.26. The minimum atomic E-state index is -0.755. The van der Waals surface area contributed by atoms with E-state index in [4.69, 9.17) is 9.84 Å². The van der Waals surface area contributed by atoms with Crippen LogP contribution in [0.5, 0.6) is 0 Å². The summed E-state index contributed by atoms with van der Waals surface area (Å²) in [6.45, 7) is 5.43. The van der Waals surface area contributed by atoms with E-state index in [0.717, 1.165) is 0 Å². The van der Waals surface area contributed by atoms with E-state index >= 15 is 0 Å². The number of nitrogens with one attached hydrogen (secondary N) is 2. The molecular formula is C16H28N2O5. The fraction of sp³-hybridized carbons (Fsp3) is 0.812. The van der Waals surface area contributed by atoms with E-state index in [-0.39, 0.29) is 42.5 Å². The molecule has 7 heteroatoms. The van der Waals surface area contributed by atoms with E-state index in [2.05, 4.69) is 10.6 Å². The fourth-order valence-electron chi connectivity index (χ4n) is 2.66. The van der Waals surface area contributed by atoms with Gasteiger partial charge in [0.25, 0.3) is 0 Å². The lowest BCUT2D eigenvalue weighted by molar-refractivity contribution is -0.147. The van der Waals surface area contributed by atoms with Gasteiger partial charge in [-0.25, -0.2) is 4.79 Å². The third-order valence-electron chi connectivity index (χ3n) is 3.94. The van der Waals surface area contributed by atoms with Gasteiger partial charge in [0.2, 0.25) is 0 Å². The lowest BCUT2D eigenvalue weighted by atomic mass is 9.86.